The molecule has 3 heterocycles. The molecule has 0 bridgehead atoms. The van der Waals surface area contributed by atoms with Gasteiger partial charge in [-0.15, -0.1) is 11.3 Å². The zero-order valence-electron chi connectivity index (χ0n) is 15.0. The van der Waals surface area contributed by atoms with Crippen molar-refractivity contribution in [2.24, 2.45) is 0 Å². The van der Waals surface area contributed by atoms with Crippen molar-refractivity contribution in [2.75, 3.05) is 39.3 Å². The van der Waals surface area contributed by atoms with Crippen LogP contribution in [-0.4, -0.2) is 66.1 Å². The number of ether oxygens (including phenoxy) is 1. The summed E-state index contributed by atoms with van der Waals surface area (Å²) >= 11 is 1.59. The maximum Gasteiger partial charge on any atom is 0.253 e. The van der Waals surface area contributed by atoms with E-state index in [-0.39, 0.29) is 12.0 Å². The fourth-order valence-corrected chi connectivity index (χ4v) is 4.41. The summed E-state index contributed by atoms with van der Waals surface area (Å²) in [5, 5.41) is 2.91. The van der Waals surface area contributed by atoms with Crippen LogP contribution < -0.4 is 0 Å². The molecule has 2 aliphatic rings. The second kappa shape index (κ2) is 8.29. The number of likely N-dealkylation sites (tertiary alicyclic amines) is 1. The van der Waals surface area contributed by atoms with Crippen LogP contribution >= 0.6 is 11.3 Å². The molecule has 1 atom stereocenters. The SMILES string of the molecule is O=C(c1cccc(-c2nccs2)c1)N1CCCO[C@@H](CN2CCCC2)C1. The Balaban J connectivity index is 1.46. The van der Waals surface area contributed by atoms with Gasteiger partial charge in [0.15, 0.2) is 0 Å². The molecule has 1 aromatic carbocycles. The van der Waals surface area contributed by atoms with Gasteiger partial charge in [-0.3, -0.25) is 4.79 Å². The smallest absolute Gasteiger partial charge is 0.253 e. The van der Waals surface area contributed by atoms with Crippen LogP contribution in [-0.2, 0) is 4.74 Å². The Hall–Kier alpha value is -1.76. The van der Waals surface area contributed by atoms with Crippen molar-refractivity contribution in [2.45, 2.75) is 25.4 Å². The molecular weight excluding hydrogens is 346 g/mol. The van der Waals surface area contributed by atoms with Gasteiger partial charge in [-0.05, 0) is 44.5 Å². The molecule has 2 fully saturated rings. The van der Waals surface area contributed by atoms with Crippen LogP contribution in [0.4, 0.5) is 0 Å². The molecule has 1 aromatic heterocycles. The number of nitrogens with zero attached hydrogens (tertiary/aromatic N) is 3. The van der Waals surface area contributed by atoms with E-state index >= 15 is 0 Å². The molecule has 0 radical (unpaired) electrons. The highest BCUT2D eigenvalue weighted by Crippen LogP contribution is 2.23. The van der Waals surface area contributed by atoms with Gasteiger partial charge in [0.2, 0.25) is 0 Å². The number of benzene rings is 1. The minimum Gasteiger partial charge on any atom is -0.375 e. The zero-order chi connectivity index (χ0) is 17.8. The van der Waals surface area contributed by atoms with Crippen LogP contribution in [0, 0.1) is 0 Å². The lowest BCUT2D eigenvalue weighted by atomic mass is 10.1. The summed E-state index contributed by atoms with van der Waals surface area (Å²) < 4.78 is 6.02. The van der Waals surface area contributed by atoms with E-state index in [1.165, 1.54) is 12.8 Å². The molecule has 0 unspecified atom stereocenters. The zero-order valence-corrected chi connectivity index (χ0v) is 15.8. The molecular formula is C20H25N3O2S. The van der Waals surface area contributed by atoms with Crippen molar-refractivity contribution in [3.8, 4) is 10.6 Å². The van der Waals surface area contributed by atoms with E-state index < -0.39 is 0 Å². The minimum absolute atomic E-state index is 0.0975. The molecule has 2 aliphatic heterocycles. The van der Waals surface area contributed by atoms with E-state index in [2.05, 4.69) is 9.88 Å². The Kier molecular flexibility index (Phi) is 5.62. The lowest BCUT2D eigenvalue weighted by molar-refractivity contribution is 0.0297. The maximum absolute atomic E-state index is 13.1. The highest BCUT2D eigenvalue weighted by atomic mass is 32.1. The third-order valence-corrected chi connectivity index (χ3v) is 5.91. The van der Waals surface area contributed by atoms with Gasteiger partial charge in [0.1, 0.15) is 5.01 Å². The molecule has 5 nitrogen and oxygen atoms in total. The van der Waals surface area contributed by atoms with Crippen molar-refractivity contribution < 1.29 is 9.53 Å². The highest BCUT2D eigenvalue weighted by Gasteiger charge is 2.26. The number of hydrogen-bond donors (Lipinski definition) is 0. The second-order valence-corrected chi connectivity index (χ2v) is 7.92. The number of amides is 1. The Morgan fingerprint density at radius 2 is 2.12 bits per heavy atom. The maximum atomic E-state index is 13.1. The molecule has 4 rings (SSSR count). The largest absolute Gasteiger partial charge is 0.375 e. The summed E-state index contributed by atoms with van der Waals surface area (Å²) in [7, 11) is 0. The van der Waals surface area contributed by atoms with E-state index in [0.717, 1.165) is 55.3 Å². The van der Waals surface area contributed by atoms with E-state index in [4.69, 9.17) is 4.74 Å². The van der Waals surface area contributed by atoms with Crippen LogP contribution in [0.3, 0.4) is 0 Å². The van der Waals surface area contributed by atoms with Crippen molar-refractivity contribution in [3.05, 3.63) is 41.4 Å². The third-order valence-electron chi connectivity index (χ3n) is 5.09. The number of carbonyl (C=O) groups is 1. The first-order chi connectivity index (χ1) is 12.8. The predicted molar refractivity (Wildman–Crippen MR) is 103 cm³/mol. The van der Waals surface area contributed by atoms with Crippen LogP contribution in [0.5, 0.6) is 0 Å². The summed E-state index contributed by atoms with van der Waals surface area (Å²) in [5.41, 5.74) is 1.74. The van der Waals surface area contributed by atoms with Crippen molar-refractivity contribution >= 4 is 17.2 Å². The number of rotatable bonds is 4. The normalized spacial score (nSPS) is 21.7. The van der Waals surface area contributed by atoms with E-state index in [1.54, 1.807) is 17.5 Å². The van der Waals surface area contributed by atoms with Crippen LogP contribution in [0.25, 0.3) is 10.6 Å². The lowest BCUT2D eigenvalue weighted by Crippen LogP contribution is -2.41. The van der Waals surface area contributed by atoms with E-state index in [1.807, 2.05) is 34.5 Å². The highest BCUT2D eigenvalue weighted by molar-refractivity contribution is 7.13. The topological polar surface area (TPSA) is 45.7 Å². The molecule has 0 N–H and O–H groups in total. The monoisotopic (exact) mass is 371 g/mol. The molecule has 138 valence electrons. The van der Waals surface area contributed by atoms with Crippen LogP contribution in [0.1, 0.15) is 29.6 Å². The quantitative estimate of drug-likeness (QED) is 0.828. The molecule has 6 heteroatoms. The fraction of sp³-hybridized carbons (Fsp3) is 0.500. The standard InChI is InChI=1S/C20H25N3O2S/c24-20(17-6-3-5-16(13-17)19-21-7-12-26-19)23-10-4-11-25-18(15-23)14-22-8-1-2-9-22/h3,5-7,12-13,18H,1-2,4,8-11,14-15H2/t18-/m0/s1. The van der Waals surface area contributed by atoms with Crippen LogP contribution in [0.15, 0.2) is 35.8 Å². The van der Waals surface area contributed by atoms with Crippen molar-refractivity contribution in [3.63, 3.8) is 0 Å². The average molecular weight is 372 g/mol. The molecule has 26 heavy (non-hydrogen) atoms. The van der Waals surface area contributed by atoms with Gasteiger partial charge in [0, 0.05) is 48.9 Å². The fourth-order valence-electron chi connectivity index (χ4n) is 3.78. The first-order valence-electron chi connectivity index (χ1n) is 9.43. The van der Waals surface area contributed by atoms with Crippen molar-refractivity contribution in [1.82, 2.24) is 14.8 Å². The predicted octanol–water partition coefficient (Wildman–Crippen LogP) is 3.14. The Morgan fingerprint density at radius 1 is 1.23 bits per heavy atom. The molecule has 2 aromatic rings. The second-order valence-electron chi connectivity index (χ2n) is 7.02. The van der Waals surface area contributed by atoms with Gasteiger partial charge < -0.3 is 14.5 Å². The number of carbonyl (C=O) groups excluding carboxylic acids is 1. The number of hydrogen-bond acceptors (Lipinski definition) is 5. The summed E-state index contributed by atoms with van der Waals surface area (Å²) in [5.74, 6) is 0.0975. The minimum atomic E-state index is 0.0975. The first kappa shape index (κ1) is 17.6. The Labute approximate surface area is 158 Å². The summed E-state index contributed by atoms with van der Waals surface area (Å²) in [6.07, 6.45) is 5.36. The average Bonchev–Trinajstić information content (AvgIpc) is 3.33. The molecule has 0 saturated carbocycles. The molecule has 0 aliphatic carbocycles. The van der Waals surface area contributed by atoms with Gasteiger partial charge in [-0.25, -0.2) is 4.98 Å². The molecule has 2 saturated heterocycles. The van der Waals surface area contributed by atoms with Crippen molar-refractivity contribution in [1.29, 1.82) is 0 Å². The van der Waals surface area contributed by atoms with Gasteiger partial charge in [0.25, 0.3) is 5.91 Å². The van der Waals surface area contributed by atoms with Gasteiger partial charge in [-0.1, -0.05) is 12.1 Å². The summed E-state index contributed by atoms with van der Waals surface area (Å²) in [6.45, 7) is 5.42. The molecule has 0 spiro atoms. The first-order valence-corrected chi connectivity index (χ1v) is 10.3. The summed E-state index contributed by atoms with van der Waals surface area (Å²) in [4.78, 5) is 21.9. The van der Waals surface area contributed by atoms with Gasteiger partial charge in [-0.2, -0.15) is 0 Å². The Bertz CT molecular complexity index is 728. The number of thiazole rings is 1. The Morgan fingerprint density at radius 3 is 2.92 bits per heavy atom. The summed E-state index contributed by atoms with van der Waals surface area (Å²) in [6, 6.07) is 7.82. The van der Waals surface area contributed by atoms with Crippen LogP contribution in [0.2, 0.25) is 0 Å². The lowest BCUT2D eigenvalue weighted by Gasteiger charge is -2.27. The van der Waals surface area contributed by atoms with E-state index in [0.29, 0.717) is 6.54 Å². The third kappa shape index (κ3) is 4.14. The van der Waals surface area contributed by atoms with E-state index in [9.17, 15) is 4.79 Å². The van der Waals surface area contributed by atoms with Gasteiger partial charge >= 0.3 is 0 Å². The molecule has 1 amide bonds. The van der Waals surface area contributed by atoms with Gasteiger partial charge in [0.05, 0.1) is 6.10 Å². The number of aromatic nitrogens is 1.